The van der Waals surface area contributed by atoms with Crippen LogP contribution in [0.15, 0.2) is 108 Å². The molecule has 4 aromatic carbocycles. The van der Waals surface area contributed by atoms with Gasteiger partial charge in [-0.3, -0.25) is 13.9 Å². The molecule has 0 bridgehead atoms. The standard InChI is InChI=1S/C34H37N3O6S/c1-25-13-15-28(16-14-25)37(44(40,41)31-19-17-29(42-3)18-20-31)24-33(38)36(23-27-11-8-12-30(21-27)43-4)32(34(39)35-2)22-26-9-6-5-7-10-26/h5-21,32H,22-24H2,1-4H3,(H,35,39)/t32-/m0/s1. The molecular weight excluding hydrogens is 578 g/mol. The predicted molar refractivity (Wildman–Crippen MR) is 170 cm³/mol. The summed E-state index contributed by atoms with van der Waals surface area (Å²) in [5.74, 6) is 0.179. The van der Waals surface area contributed by atoms with Crippen molar-refractivity contribution < 1.29 is 27.5 Å². The third-order valence-corrected chi connectivity index (χ3v) is 9.04. The van der Waals surface area contributed by atoms with E-state index in [0.29, 0.717) is 17.2 Å². The molecule has 0 aromatic heterocycles. The Kier molecular flexibility index (Phi) is 10.6. The van der Waals surface area contributed by atoms with Crippen molar-refractivity contribution in [1.29, 1.82) is 0 Å². The molecule has 0 saturated carbocycles. The van der Waals surface area contributed by atoms with Gasteiger partial charge in [-0.05, 0) is 66.6 Å². The SMILES string of the molecule is CNC(=O)[C@H](Cc1ccccc1)N(Cc1cccc(OC)c1)C(=O)CN(c1ccc(C)cc1)S(=O)(=O)c1ccc(OC)cc1. The lowest BCUT2D eigenvalue weighted by Crippen LogP contribution is -2.53. The summed E-state index contributed by atoms with van der Waals surface area (Å²) in [5, 5.41) is 2.69. The summed E-state index contributed by atoms with van der Waals surface area (Å²) in [7, 11) is 0.356. The first-order chi connectivity index (χ1) is 21.2. The van der Waals surface area contributed by atoms with Crippen LogP contribution in [0, 0.1) is 6.92 Å². The van der Waals surface area contributed by atoms with Crippen molar-refractivity contribution in [2.45, 2.75) is 30.8 Å². The molecule has 0 aliphatic rings. The van der Waals surface area contributed by atoms with Crippen LogP contribution in [0.4, 0.5) is 5.69 Å². The molecule has 1 atom stereocenters. The zero-order valence-electron chi connectivity index (χ0n) is 25.3. The van der Waals surface area contributed by atoms with Crippen LogP contribution in [0.1, 0.15) is 16.7 Å². The first-order valence-corrected chi connectivity index (χ1v) is 15.5. The highest BCUT2D eigenvalue weighted by atomic mass is 32.2. The fraction of sp³-hybridized carbons (Fsp3) is 0.235. The maximum Gasteiger partial charge on any atom is 0.264 e. The van der Waals surface area contributed by atoms with Crippen LogP contribution >= 0.6 is 0 Å². The van der Waals surface area contributed by atoms with E-state index in [0.717, 1.165) is 21.0 Å². The van der Waals surface area contributed by atoms with Crippen LogP contribution in [-0.4, -0.2) is 59.0 Å². The lowest BCUT2D eigenvalue weighted by atomic mass is 10.0. The quantitative estimate of drug-likeness (QED) is 0.236. The Morgan fingerprint density at radius 2 is 1.43 bits per heavy atom. The highest BCUT2D eigenvalue weighted by molar-refractivity contribution is 7.92. The second-order valence-electron chi connectivity index (χ2n) is 10.2. The van der Waals surface area contributed by atoms with Gasteiger partial charge >= 0.3 is 0 Å². The molecule has 0 saturated heterocycles. The number of amides is 2. The second-order valence-corrected chi connectivity index (χ2v) is 12.1. The van der Waals surface area contributed by atoms with E-state index in [-0.39, 0.29) is 23.8 Å². The summed E-state index contributed by atoms with van der Waals surface area (Å²) in [4.78, 5) is 29.2. The Morgan fingerprint density at radius 1 is 0.795 bits per heavy atom. The topological polar surface area (TPSA) is 105 Å². The third-order valence-electron chi connectivity index (χ3n) is 7.25. The number of nitrogens with one attached hydrogen (secondary N) is 1. The first kappa shape index (κ1) is 32.1. The van der Waals surface area contributed by atoms with E-state index in [9.17, 15) is 18.0 Å². The Morgan fingerprint density at radius 3 is 2.05 bits per heavy atom. The van der Waals surface area contributed by atoms with E-state index in [1.165, 1.54) is 31.2 Å². The minimum Gasteiger partial charge on any atom is -0.497 e. The van der Waals surface area contributed by atoms with Crippen LogP contribution < -0.4 is 19.1 Å². The van der Waals surface area contributed by atoms with Crippen molar-refractivity contribution in [2.24, 2.45) is 0 Å². The maximum absolute atomic E-state index is 14.4. The number of nitrogens with zero attached hydrogens (tertiary/aromatic N) is 2. The van der Waals surface area contributed by atoms with Crippen molar-refractivity contribution in [1.82, 2.24) is 10.2 Å². The number of carbonyl (C=O) groups is 2. The maximum atomic E-state index is 14.4. The highest BCUT2D eigenvalue weighted by Gasteiger charge is 2.34. The molecule has 4 aromatic rings. The van der Waals surface area contributed by atoms with Crippen LogP contribution in [0.25, 0.3) is 0 Å². The number of benzene rings is 4. The molecule has 9 nitrogen and oxygen atoms in total. The van der Waals surface area contributed by atoms with E-state index < -0.39 is 28.5 Å². The summed E-state index contributed by atoms with van der Waals surface area (Å²) in [6.45, 7) is 1.40. The molecule has 0 unspecified atom stereocenters. The van der Waals surface area contributed by atoms with Gasteiger partial charge < -0.3 is 19.7 Å². The number of carbonyl (C=O) groups excluding carboxylic acids is 2. The Labute approximate surface area is 259 Å². The number of sulfonamides is 1. The first-order valence-electron chi connectivity index (χ1n) is 14.1. The van der Waals surface area contributed by atoms with E-state index >= 15 is 0 Å². The van der Waals surface area contributed by atoms with Crippen molar-refractivity contribution in [3.05, 3.63) is 120 Å². The van der Waals surface area contributed by atoms with E-state index in [1.54, 1.807) is 61.7 Å². The molecule has 44 heavy (non-hydrogen) atoms. The fourth-order valence-corrected chi connectivity index (χ4v) is 6.22. The highest BCUT2D eigenvalue weighted by Crippen LogP contribution is 2.27. The molecule has 0 spiro atoms. The molecule has 0 aliphatic carbocycles. The molecule has 10 heteroatoms. The molecule has 0 heterocycles. The Bertz CT molecular complexity index is 1660. The average Bonchev–Trinajstić information content (AvgIpc) is 3.05. The summed E-state index contributed by atoms with van der Waals surface area (Å²) in [6, 6.07) is 28.5. The van der Waals surface area contributed by atoms with E-state index in [1.807, 2.05) is 43.3 Å². The van der Waals surface area contributed by atoms with Crippen LogP contribution in [-0.2, 0) is 32.6 Å². The summed E-state index contributed by atoms with van der Waals surface area (Å²) < 4.78 is 39.8. The molecule has 0 aliphatic heterocycles. The van der Waals surface area contributed by atoms with Gasteiger partial charge in [0.25, 0.3) is 10.0 Å². The summed E-state index contributed by atoms with van der Waals surface area (Å²) in [5.41, 5.74) is 2.83. The van der Waals surface area contributed by atoms with Gasteiger partial charge in [-0.15, -0.1) is 0 Å². The second kappa shape index (κ2) is 14.6. The molecule has 0 radical (unpaired) electrons. The normalized spacial score (nSPS) is 11.7. The number of rotatable bonds is 13. The van der Waals surface area contributed by atoms with Gasteiger partial charge in [0, 0.05) is 20.0 Å². The van der Waals surface area contributed by atoms with Crippen molar-refractivity contribution >= 4 is 27.5 Å². The smallest absolute Gasteiger partial charge is 0.264 e. The van der Waals surface area contributed by atoms with E-state index in [4.69, 9.17) is 9.47 Å². The molecule has 0 fully saturated rings. The average molecular weight is 616 g/mol. The molecule has 230 valence electrons. The van der Waals surface area contributed by atoms with Gasteiger partial charge in [0.1, 0.15) is 24.1 Å². The van der Waals surface area contributed by atoms with Crippen molar-refractivity contribution in [2.75, 3.05) is 32.1 Å². The number of hydrogen-bond donors (Lipinski definition) is 1. The minimum atomic E-state index is -4.20. The number of methoxy groups -OCH3 is 2. The number of anilines is 1. The monoisotopic (exact) mass is 615 g/mol. The fourth-order valence-electron chi connectivity index (χ4n) is 4.80. The predicted octanol–water partition coefficient (Wildman–Crippen LogP) is 4.59. The van der Waals surface area contributed by atoms with Gasteiger partial charge in [0.05, 0.1) is 24.8 Å². The molecular formula is C34H37N3O6S. The number of aryl methyl sites for hydroxylation is 1. The number of hydrogen-bond acceptors (Lipinski definition) is 6. The van der Waals surface area contributed by atoms with Crippen molar-refractivity contribution in [3.8, 4) is 11.5 Å². The van der Waals surface area contributed by atoms with Crippen LogP contribution in [0.5, 0.6) is 11.5 Å². The van der Waals surface area contributed by atoms with Gasteiger partial charge in [-0.1, -0.05) is 60.2 Å². The summed E-state index contributed by atoms with van der Waals surface area (Å²) >= 11 is 0. The van der Waals surface area contributed by atoms with E-state index in [2.05, 4.69) is 5.32 Å². The lowest BCUT2D eigenvalue weighted by molar-refractivity contribution is -0.139. The zero-order valence-corrected chi connectivity index (χ0v) is 26.1. The molecule has 2 amide bonds. The number of ether oxygens (including phenoxy) is 2. The van der Waals surface area contributed by atoms with Gasteiger partial charge in [-0.25, -0.2) is 8.42 Å². The number of likely N-dealkylation sites (N-methyl/N-ethyl adjacent to an activating group) is 1. The Balaban J connectivity index is 1.79. The van der Waals surface area contributed by atoms with Gasteiger partial charge in [0.15, 0.2) is 0 Å². The zero-order chi connectivity index (χ0) is 31.7. The lowest BCUT2D eigenvalue weighted by Gasteiger charge is -2.33. The minimum absolute atomic E-state index is 0.00171. The van der Waals surface area contributed by atoms with Crippen LogP contribution in [0.3, 0.4) is 0 Å². The van der Waals surface area contributed by atoms with Gasteiger partial charge in [0.2, 0.25) is 11.8 Å². The summed E-state index contributed by atoms with van der Waals surface area (Å²) in [6.07, 6.45) is 0.228. The molecule has 4 rings (SSSR count). The van der Waals surface area contributed by atoms with Crippen molar-refractivity contribution in [3.63, 3.8) is 0 Å². The molecule has 1 N–H and O–H groups in total. The van der Waals surface area contributed by atoms with Gasteiger partial charge in [-0.2, -0.15) is 0 Å². The Hall–Kier alpha value is -4.83. The third kappa shape index (κ3) is 7.76. The largest absolute Gasteiger partial charge is 0.497 e. The van der Waals surface area contributed by atoms with Crippen LogP contribution in [0.2, 0.25) is 0 Å².